The van der Waals surface area contributed by atoms with E-state index < -0.39 is 5.97 Å². The second kappa shape index (κ2) is 6.52. The van der Waals surface area contributed by atoms with E-state index in [1.165, 1.54) is 14.0 Å². The number of hydrogen-bond donors (Lipinski definition) is 0. The SMILES string of the molecule is COC(=O)C=NCCCC(C)=O. The summed E-state index contributed by atoms with van der Waals surface area (Å²) < 4.78 is 4.32. The van der Waals surface area contributed by atoms with Crippen LogP contribution in [0.4, 0.5) is 0 Å². The van der Waals surface area contributed by atoms with Crippen LogP contribution in [0.2, 0.25) is 0 Å². The number of Topliss-reactive ketones (excluding diaryl/α,β-unsaturated/α-hetero) is 1. The van der Waals surface area contributed by atoms with E-state index in [1.54, 1.807) is 0 Å². The summed E-state index contributed by atoms with van der Waals surface area (Å²) in [7, 11) is 1.30. The average Bonchev–Trinajstić information content (AvgIpc) is 2.03. The third kappa shape index (κ3) is 6.92. The van der Waals surface area contributed by atoms with Crippen LogP contribution < -0.4 is 0 Å². The zero-order chi connectivity index (χ0) is 9.40. The quantitative estimate of drug-likeness (QED) is 0.346. The molecule has 0 bridgehead atoms. The summed E-state index contributed by atoms with van der Waals surface area (Å²) in [5.74, 6) is -0.318. The fourth-order valence-electron chi connectivity index (χ4n) is 0.611. The van der Waals surface area contributed by atoms with Crippen LogP contribution in [0.3, 0.4) is 0 Å². The standard InChI is InChI=1S/C8H13NO3/c1-7(10)4-3-5-9-6-8(11)12-2/h6H,3-5H2,1-2H3. The Morgan fingerprint density at radius 1 is 1.50 bits per heavy atom. The van der Waals surface area contributed by atoms with Crippen molar-refractivity contribution in [3.05, 3.63) is 0 Å². The van der Waals surface area contributed by atoms with Crippen molar-refractivity contribution < 1.29 is 14.3 Å². The molecule has 0 N–H and O–H groups in total. The lowest BCUT2D eigenvalue weighted by atomic mass is 10.2. The van der Waals surface area contributed by atoms with Crippen LogP contribution in [-0.2, 0) is 14.3 Å². The van der Waals surface area contributed by atoms with Gasteiger partial charge in [0.1, 0.15) is 12.0 Å². The van der Waals surface area contributed by atoms with Crippen LogP contribution in [-0.4, -0.2) is 31.6 Å². The predicted molar refractivity (Wildman–Crippen MR) is 45.3 cm³/mol. The number of esters is 1. The highest BCUT2D eigenvalue weighted by molar-refractivity contribution is 6.23. The molecule has 0 aliphatic rings. The maximum Gasteiger partial charge on any atom is 0.348 e. The summed E-state index contributed by atoms with van der Waals surface area (Å²) in [4.78, 5) is 24.7. The lowest BCUT2D eigenvalue weighted by Crippen LogP contribution is -2.01. The minimum atomic E-state index is -0.460. The molecule has 0 saturated heterocycles. The second-order valence-electron chi connectivity index (χ2n) is 2.36. The van der Waals surface area contributed by atoms with Gasteiger partial charge in [-0.2, -0.15) is 0 Å². The topological polar surface area (TPSA) is 55.7 Å². The number of nitrogens with zero attached hydrogens (tertiary/aromatic N) is 1. The molecule has 0 unspecified atom stereocenters. The zero-order valence-electron chi connectivity index (χ0n) is 7.37. The largest absolute Gasteiger partial charge is 0.465 e. The van der Waals surface area contributed by atoms with Crippen molar-refractivity contribution in [2.75, 3.05) is 13.7 Å². The number of carbonyl (C=O) groups is 2. The van der Waals surface area contributed by atoms with Crippen LogP contribution in [0.15, 0.2) is 4.99 Å². The van der Waals surface area contributed by atoms with Crippen molar-refractivity contribution >= 4 is 18.0 Å². The molecule has 0 aliphatic heterocycles. The number of ether oxygens (including phenoxy) is 1. The highest BCUT2D eigenvalue weighted by Gasteiger charge is 1.93. The van der Waals surface area contributed by atoms with Crippen molar-refractivity contribution in [3.8, 4) is 0 Å². The van der Waals surface area contributed by atoms with Gasteiger partial charge in [0.05, 0.1) is 7.11 Å². The molecule has 0 aromatic carbocycles. The molecular formula is C8H13NO3. The van der Waals surface area contributed by atoms with Crippen molar-refractivity contribution in [2.45, 2.75) is 19.8 Å². The highest BCUT2D eigenvalue weighted by atomic mass is 16.5. The molecule has 0 heterocycles. The summed E-state index contributed by atoms with van der Waals surface area (Å²) in [6.45, 7) is 2.03. The number of methoxy groups -OCH3 is 1. The van der Waals surface area contributed by atoms with Gasteiger partial charge in [-0.15, -0.1) is 0 Å². The van der Waals surface area contributed by atoms with Gasteiger partial charge in [0, 0.05) is 13.0 Å². The minimum absolute atomic E-state index is 0.142. The first-order valence-corrected chi connectivity index (χ1v) is 3.74. The van der Waals surface area contributed by atoms with E-state index in [2.05, 4.69) is 9.73 Å². The molecular weight excluding hydrogens is 158 g/mol. The maximum absolute atomic E-state index is 10.5. The molecule has 0 saturated carbocycles. The maximum atomic E-state index is 10.5. The lowest BCUT2D eigenvalue weighted by Gasteiger charge is -1.91. The molecule has 4 nitrogen and oxygen atoms in total. The average molecular weight is 171 g/mol. The van der Waals surface area contributed by atoms with Crippen molar-refractivity contribution in [1.29, 1.82) is 0 Å². The van der Waals surface area contributed by atoms with Gasteiger partial charge in [-0.05, 0) is 13.3 Å². The Hall–Kier alpha value is -1.19. The first-order valence-electron chi connectivity index (χ1n) is 3.74. The summed E-state index contributed by atoms with van der Waals surface area (Å²) >= 11 is 0. The Morgan fingerprint density at radius 2 is 2.17 bits per heavy atom. The van der Waals surface area contributed by atoms with E-state index in [-0.39, 0.29) is 5.78 Å². The van der Waals surface area contributed by atoms with Crippen molar-refractivity contribution in [1.82, 2.24) is 0 Å². The minimum Gasteiger partial charge on any atom is -0.465 e. The monoisotopic (exact) mass is 171 g/mol. The summed E-state index contributed by atoms with van der Waals surface area (Å²) in [6, 6.07) is 0. The number of ketones is 1. The van der Waals surface area contributed by atoms with E-state index in [4.69, 9.17) is 0 Å². The first kappa shape index (κ1) is 10.8. The van der Waals surface area contributed by atoms with Gasteiger partial charge in [-0.3, -0.25) is 4.99 Å². The van der Waals surface area contributed by atoms with E-state index in [0.29, 0.717) is 19.4 Å². The smallest absolute Gasteiger partial charge is 0.348 e. The van der Waals surface area contributed by atoms with Crippen LogP contribution in [0, 0.1) is 0 Å². The Bertz CT molecular complexity index is 187. The van der Waals surface area contributed by atoms with Crippen molar-refractivity contribution in [2.24, 2.45) is 4.99 Å². The Kier molecular flexibility index (Phi) is 5.87. The molecule has 0 aliphatic carbocycles. The summed E-state index contributed by atoms with van der Waals surface area (Å²) in [5, 5.41) is 0. The van der Waals surface area contributed by atoms with Gasteiger partial charge in [-0.25, -0.2) is 4.79 Å². The highest BCUT2D eigenvalue weighted by Crippen LogP contribution is 1.89. The fraction of sp³-hybridized carbons (Fsp3) is 0.625. The predicted octanol–water partition coefficient (Wildman–Crippen LogP) is 0.599. The normalized spacial score (nSPS) is 10.2. The second-order valence-corrected chi connectivity index (χ2v) is 2.36. The molecule has 0 rings (SSSR count). The molecule has 4 heteroatoms. The van der Waals surface area contributed by atoms with Crippen LogP contribution in [0.5, 0.6) is 0 Å². The third-order valence-electron chi connectivity index (χ3n) is 1.21. The van der Waals surface area contributed by atoms with E-state index >= 15 is 0 Å². The molecule has 0 amide bonds. The molecule has 68 valence electrons. The van der Waals surface area contributed by atoms with Crippen LogP contribution >= 0.6 is 0 Å². The van der Waals surface area contributed by atoms with E-state index in [0.717, 1.165) is 6.21 Å². The molecule has 0 aromatic heterocycles. The molecule has 0 aromatic rings. The third-order valence-corrected chi connectivity index (χ3v) is 1.21. The van der Waals surface area contributed by atoms with Gasteiger partial charge >= 0.3 is 5.97 Å². The number of rotatable bonds is 5. The van der Waals surface area contributed by atoms with Gasteiger partial charge in [0.15, 0.2) is 0 Å². The van der Waals surface area contributed by atoms with Crippen molar-refractivity contribution in [3.63, 3.8) is 0 Å². The van der Waals surface area contributed by atoms with E-state index in [1.807, 2.05) is 0 Å². The molecule has 0 fully saturated rings. The van der Waals surface area contributed by atoms with Gasteiger partial charge in [0.25, 0.3) is 0 Å². The zero-order valence-corrected chi connectivity index (χ0v) is 7.37. The summed E-state index contributed by atoms with van der Waals surface area (Å²) in [5.41, 5.74) is 0. The first-order chi connectivity index (χ1) is 5.66. The lowest BCUT2D eigenvalue weighted by molar-refractivity contribution is -0.132. The Labute approximate surface area is 71.6 Å². The van der Waals surface area contributed by atoms with Gasteiger partial charge in [-0.1, -0.05) is 0 Å². The number of aliphatic imine (C=N–C) groups is 1. The molecule has 12 heavy (non-hydrogen) atoms. The molecule has 0 spiro atoms. The van der Waals surface area contributed by atoms with Gasteiger partial charge in [0.2, 0.25) is 0 Å². The van der Waals surface area contributed by atoms with E-state index in [9.17, 15) is 9.59 Å². The van der Waals surface area contributed by atoms with Crippen LogP contribution in [0.25, 0.3) is 0 Å². The molecule has 0 atom stereocenters. The molecule has 0 radical (unpaired) electrons. The van der Waals surface area contributed by atoms with Crippen LogP contribution in [0.1, 0.15) is 19.8 Å². The Morgan fingerprint density at radius 3 is 2.67 bits per heavy atom. The number of carbonyl (C=O) groups excluding carboxylic acids is 2. The Balaban J connectivity index is 3.36. The van der Waals surface area contributed by atoms with Gasteiger partial charge < -0.3 is 9.53 Å². The number of hydrogen-bond acceptors (Lipinski definition) is 4. The summed E-state index contributed by atoms with van der Waals surface area (Å²) in [6.07, 6.45) is 2.32. The fourth-order valence-corrected chi connectivity index (χ4v) is 0.611.